The molecule has 1 N–H and O–H groups in total. The summed E-state index contributed by atoms with van der Waals surface area (Å²) in [6.07, 6.45) is 4.89. The van der Waals surface area contributed by atoms with E-state index in [2.05, 4.69) is 15.6 Å². The molecule has 0 spiro atoms. The first-order valence-corrected chi connectivity index (χ1v) is 6.10. The Kier molecular flexibility index (Phi) is 3.91. The molecule has 1 aliphatic rings. The van der Waals surface area contributed by atoms with Crippen molar-refractivity contribution in [3.8, 4) is 0 Å². The number of nitrogens with zero attached hydrogens (tertiary/aromatic N) is 4. The molecule has 2 heterocycles. The first-order chi connectivity index (χ1) is 8.65. The highest BCUT2D eigenvalue weighted by molar-refractivity contribution is 5.87. The molecule has 98 valence electrons. The number of likely N-dealkylation sites (tertiary alicyclic amines) is 1. The van der Waals surface area contributed by atoms with Crippen LogP contribution in [0.4, 0.5) is 5.82 Å². The smallest absolute Gasteiger partial charge is 0.244 e. The van der Waals surface area contributed by atoms with Gasteiger partial charge in [0.1, 0.15) is 6.54 Å². The summed E-state index contributed by atoms with van der Waals surface area (Å²) in [6.45, 7) is 3.22. The highest BCUT2D eigenvalue weighted by atomic mass is 16.2. The summed E-state index contributed by atoms with van der Waals surface area (Å²) in [7, 11) is 0. The molecule has 1 aromatic rings. The Morgan fingerprint density at radius 2 is 2.06 bits per heavy atom. The molecule has 7 heteroatoms. The number of amides is 2. The minimum atomic E-state index is -0.204. The SMILES string of the molecule is CC(=O)Nc1cn(CC(=O)N2CCCCC2)nn1. The molecule has 0 radical (unpaired) electrons. The van der Waals surface area contributed by atoms with Gasteiger partial charge in [-0.2, -0.15) is 0 Å². The van der Waals surface area contributed by atoms with Crippen LogP contribution in [0.1, 0.15) is 26.2 Å². The second kappa shape index (κ2) is 5.61. The molecular weight excluding hydrogens is 234 g/mol. The van der Waals surface area contributed by atoms with Crippen LogP contribution in [0.3, 0.4) is 0 Å². The third kappa shape index (κ3) is 3.28. The van der Waals surface area contributed by atoms with Crippen molar-refractivity contribution in [2.45, 2.75) is 32.7 Å². The monoisotopic (exact) mass is 251 g/mol. The molecule has 1 saturated heterocycles. The Labute approximate surface area is 105 Å². The Morgan fingerprint density at radius 1 is 1.33 bits per heavy atom. The van der Waals surface area contributed by atoms with Gasteiger partial charge in [-0.3, -0.25) is 9.59 Å². The maximum absolute atomic E-state index is 11.9. The zero-order valence-electron chi connectivity index (χ0n) is 10.4. The van der Waals surface area contributed by atoms with Crippen molar-refractivity contribution < 1.29 is 9.59 Å². The number of carbonyl (C=O) groups excluding carboxylic acids is 2. The predicted molar refractivity (Wildman–Crippen MR) is 64.8 cm³/mol. The van der Waals surface area contributed by atoms with E-state index in [1.807, 2.05) is 4.90 Å². The molecule has 1 fully saturated rings. The Hall–Kier alpha value is -1.92. The summed E-state index contributed by atoms with van der Waals surface area (Å²) >= 11 is 0. The molecule has 7 nitrogen and oxygen atoms in total. The minimum absolute atomic E-state index is 0.0500. The average molecular weight is 251 g/mol. The molecule has 1 aromatic heterocycles. The van der Waals surface area contributed by atoms with E-state index in [1.54, 1.807) is 6.20 Å². The molecule has 0 bridgehead atoms. The van der Waals surface area contributed by atoms with Crippen molar-refractivity contribution >= 4 is 17.6 Å². The number of hydrogen-bond donors (Lipinski definition) is 1. The fourth-order valence-electron chi connectivity index (χ4n) is 2.00. The third-order valence-electron chi connectivity index (χ3n) is 2.85. The van der Waals surface area contributed by atoms with Gasteiger partial charge < -0.3 is 10.2 Å². The van der Waals surface area contributed by atoms with Crippen LogP contribution in [0.5, 0.6) is 0 Å². The Bertz CT molecular complexity index is 436. The average Bonchev–Trinajstić information content (AvgIpc) is 2.76. The van der Waals surface area contributed by atoms with E-state index < -0.39 is 0 Å². The highest BCUT2D eigenvalue weighted by Gasteiger charge is 2.17. The second-order valence-electron chi connectivity index (χ2n) is 4.42. The van der Waals surface area contributed by atoms with E-state index in [0.717, 1.165) is 25.9 Å². The molecule has 0 saturated carbocycles. The zero-order chi connectivity index (χ0) is 13.0. The topological polar surface area (TPSA) is 80.1 Å². The van der Waals surface area contributed by atoms with Crippen LogP contribution in [0.2, 0.25) is 0 Å². The fourth-order valence-corrected chi connectivity index (χ4v) is 2.00. The summed E-state index contributed by atoms with van der Waals surface area (Å²) in [5.41, 5.74) is 0. The van der Waals surface area contributed by atoms with Crippen LogP contribution in [0.15, 0.2) is 6.20 Å². The first kappa shape index (κ1) is 12.5. The lowest BCUT2D eigenvalue weighted by Gasteiger charge is -2.26. The molecule has 0 unspecified atom stereocenters. The van der Waals surface area contributed by atoms with Crippen molar-refractivity contribution in [2.75, 3.05) is 18.4 Å². The van der Waals surface area contributed by atoms with Gasteiger partial charge in [-0.05, 0) is 19.3 Å². The van der Waals surface area contributed by atoms with Crippen LogP contribution in [-0.2, 0) is 16.1 Å². The highest BCUT2D eigenvalue weighted by Crippen LogP contribution is 2.09. The number of anilines is 1. The number of aromatic nitrogens is 3. The van der Waals surface area contributed by atoms with Crippen LogP contribution in [-0.4, -0.2) is 44.8 Å². The summed E-state index contributed by atoms with van der Waals surface area (Å²) in [5, 5.41) is 10.1. The number of hydrogen-bond acceptors (Lipinski definition) is 4. The molecule has 18 heavy (non-hydrogen) atoms. The van der Waals surface area contributed by atoms with Gasteiger partial charge in [0.05, 0.1) is 6.20 Å². The predicted octanol–water partition coefficient (Wildman–Crippen LogP) is 0.249. The lowest BCUT2D eigenvalue weighted by Crippen LogP contribution is -2.37. The second-order valence-corrected chi connectivity index (χ2v) is 4.42. The molecule has 2 rings (SSSR count). The van der Waals surface area contributed by atoms with E-state index in [0.29, 0.717) is 5.82 Å². The van der Waals surface area contributed by atoms with Gasteiger partial charge in [-0.25, -0.2) is 4.68 Å². The lowest BCUT2D eigenvalue weighted by atomic mass is 10.1. The van der Waals surface area contributed by atoms with Gasteiger partial charge >= 0.3 is 0 Å². The van der Waals surface area contributed by atoms with Crippen LogP contribution < -0.4 is 5.32 Å². The van der Waals surface area contributed by atoms with E-state index >= 15 is 0 Å². The first-order valence-electron chi connectivity index (χ1n) is 6.10. The molecule has 1 aliphatic heterocycles. The van der Waals surface area contributed by atoms with Crippen LogP contribution in [0.25, 0.3) is 0 Å². The normalized spacial score (nSPS) is 15.5. The van der Waals surface area contributed by atoms with Gasteiger partial charge in [0, 0.05) is 20.0 Å². The van der Waals surface area contributed by atoms with Gasteiger partial charge in [0.2, 0.25) is 11.8 Å². The maximum atomic E-state index is 11.9. The molecule has 0 atom stereocenters. The van der Waals surface area contributed by atoms with Crippen molar-refractivity contribution in [3.63, 3.8) is 0 Å². The van der Waals surface area contributed by atoms with Gasteiger partial charge in [0.25, 0.3) is 0 Å². The molecule has 2 amide bonds. The number of nitrogens with one attached hydrogen (secondary N) is 1. The third-order valence-corrected chi connectivity index (χ3v) is 2.85. The van der Waals surface area contributed by atoms with E-state index in [4.69, 9.17) is 0 Å². The number of rotatable bonds is 3. The van der Waals surface area contributed by atoms with Crippen molar-refractivity contribution in [3.05, 3.63) is 6.20 Å². The number of carbonyl (C=O) groups is 2. The van der Waals surface area contributed by atoms with Gasteiger partial charge in [0.15, 0.2) is 5.82 Å². The number of piperidine rings is 1. The summed E-state index contributed by atoms with van der Waals surface area (Å²) in [6, 6.07) is 0. The van der Waals surface area contributed by atoms with Crippen molar-refractivity contribution in [2.24, 2.45) is 0 Å². The summed E-state index contributed by atoms with van der Waals surface area (Å²) in [4.78, 5) is 24.6. The van der Waals surface area contributed by atoms with E-state index in [9.17, 15) is 9.59 Å². The summed E-state index contributed by atoms with van der Waals surface area (Å²) < 4.78 is 1.45. The fraction of sp³-hybridized carbons (Fsp3) is 0.636. The van der Waals surface area contributed by atoms with E-state index in [-0.39, 0.29) is 18.4 Å². The minimum Gasteiger partial charge on any atom is -0.341 e. The van der Waals surface area contributed by atoms with Crippen LogP contribution in [0, 0.1) is 0 Å². The Morgan fingerprint density at radius 3 is 2.72 bits per heavy atom. The van der Waals surface area contributed by atoms with Crippen molar-refractivity contribution in [1.29, 1.82) is 0 Å². The summed E-state index contributed by atoms with van der Waals surface area (Å²) in [5.74, 6) is 0.215. The van der Waals surface area contributed by atoms with Crippen molar-refractivity contribution in [1.82, 2.24) is 19.9 Å². The quantitative estimate of drug-likeness (QED) is 0.835. The van der Waals surface area contributed by atoms with Gasteiger partial charge in [-0.1, -0.05) is 5.21 Å². The maximum Gasteiger partial charge on any atom is 0.244 e. The molecule has 0 aromatic carbocycles. The molecule has 0 aliphatic carbocycles. The standard InChI is InChI=1S/C11H17N5O2/c1-9(17)12-10-7-16(14-13-10)8-11(18)15-5-3-2-4-6-15/h7H,2-6,8H2,1H3,(H,12,17). The van der Waals surface area contributed by atoms with Crippen LogP contribution >= 0.6 is 0 Å². The zero-order valence-corrected chi connectivity index (χ0v) is 10.4. The Balaban J connectivity index is 1.90. The largest absolute Gasteiger partial charge is 0.341 e. The van der Waals surface area contributed by atoms with Gasteiger partial charge in [-0.15, -0.1) is 5.10 Å². The lowest BCUT2D eigenvalue weighted by molar-refractivity contribution is -0.132. The molecular formula is C11H17N5O2. The van der Waals surface area contributed by atoms with E-state index in [1.165, 1.54) is 18.0 Å².